The molecule has 0 saturated heterocycles. The molecule has 1 aromatic heterocycles. The van der Waals surface area contributed by atoms with Crippen molar-refractivity contribution >= 4 is 0 Å². The summed E-state index contributed by atoms with van der Waals surface area (Å²) in [5.41, 5.74) is -0.0521. The standard InChI is InChI=1S/C10H9FN2/c11-9-6-13-5-2-8(9)10(7-12)3-1-4-10/h2,5-6H,1,3-4H2. The average molecular weight is 176 g/mol. The molecule has 13 heavy (non-hydrogen) atoms. The molecule has 3 heteroatoms. The van der Waals surface area contributed by atoms with Crippen LogP contribution in [-0.2, 0) is 5.41 Å². The van der Waals surface area contributed by atoms with Crippen molar-refractivity contribution in [3.05, 3.63) is 29.8 Å². The van der Waals surface area contributed by atoms with Gasteiger partial charge in [-0.05, 0) is 25.3 Å². The summed E-state index contributed by atoms with van der Waals surface area (Å²) in [6, 6.07) is 3.81. The van der Waals surface area contributed by atoms with Crippen LogP contribution in [0.3, 0.4) is 0 Å². The smallest absolute Gasteiger partial charge is 0.146 e. The lowest BCUT2D eigenvalue weighted by Crippen LogP contribution is -2.33. The maximum atomic E-state index is 13.3. The Morgan fingerprint density at radius 2 is 2.31 bits per heavy atom. The van der Waals surface area contributed by atoms with E-state index in [1.807, 2.05) is 0 Å². The van der Waals surface area contributed by atoms with Crippen molar-refractivity contribution < 1.29 is 4.39 Å². The molecule has 0 spiro atoms. The zero-order valence-corrected chi connectivity index (χ0v) is 7.13. The van der Waals surface area contributed by atoms with Crippen molar-refractivity contribution in [2.24, 2.45) is 0 Å². The van der Waals surface area contributed by atoms with Crippen LogP contribution in [0.5, 0.6) is 0 Å². The third-order valence-corrected chi connectivity index (χ3v) is 2.71. The maximum absolute atomic E-state index is 13.3. The van der Waals surface area contributed by atoms with E-state index in [0.717, 1.165) is 19.3 Å². The maximum Gasteiger partial charge on any atom is 0.146 e. The molecule has 1 aromatic rings. The minimum atomic E-state index is -0.562. The molecule has 0 N–H and O–H groups in total. The van der Waals surface area contributed by atoms with Gasteiger partial charge in [-0.1, -0.05) is 0 Å². The average Bonchev–Trinajstić information content (AvgIpc) is 2.07. The van der Waals surface area contributed by atoms with E-state index >= 15 is 0 Å². The fraction of sp³-hybridized carbons (Fsp3) is 0.400. The van der Waals surface area contributed by atoms with Crippen LogP contribution in [0.1, 0.15) is 24.8 Å². The van der Waals surface area contributed by atoms with Crippen molar-refractivity contribution in [2.45, 2.75) is 24.7 Å². The fourth-order valence-corrected chi connectivity index (χ4v) is 1.73. The highest BCUT2D eigenvalue weighted by atomic mass is 19.1. The second-order valence-corrected chi connectivity index (χ2v) is 3.40. The molecule has 0 unspecified atom stereocenters. The van der Waals surface area contributed by atoms with E-state index in [-0.39, 0.29) is 5.82 Å². The minimum Gasteiger partial charge on any atom is -0.262 e. The van der Waals surface area contributed by atoms with Gasteiger partial charge in [-0.2, -0.15) is 5.26 Å². The van der Waals surface area contributed by atoms with Crippen LogP contribution in [-0.4, -0.2) is 4.98 Å². The number of halogens is 1. The lowest BCUT2D eigenvalue weighted by atomic mass is 9.65. The summed E-state index contributed by atoms with van der Waals surface area (Å²) in [6.07, 6.45) is 5.26. The largest absolute Gasteiger partial charge is 0.262 e. The highest BCUT2D eigenvalue weighted by Gasteiger charge is 2.40. The molecule has 1 fully saturated rings. The zero-order valence-electron chi connectivity index (χ0n) is 7.13. The third kappa shape index (κ3) is 1.10. The molecule has 0 bridgehead atoms. The van der Waals surface area contributed by atoms with Gasteiger partial charge in [0.15, 0.2) is 0 Å². The minimum absolute atomic E-state index is 0.358. The van der Waals surface area contributed by atoms with Crippen molar-refractivity contribution in [1.29, 1.82) is 5.26 Å². The Balaban J connectivity index is 2.46. The van der Waals surface area contributed by atoms with Gasteiger partial charge < -0.3 is 0 Å². The molecule has 2 rings (SSSR count). The molecule has 1 heterocycles. The predicted molar refractivity (Wildman–Crippen MR) is 45.3 cm³/mol. The van der Waals surface area contributed by atoms with E-state index in [2.05, 4.69) is 11.1 Å². The van der Waals surface area contributed by atoms with Gasteiger partial charge >= 0.3 is 0 Å². The van der Waals surface area contributed by atoms with Crippen molar-refractivity contribution in [3.63, 3.8) is 0 Å². The summed E-state index contributed by atoms with van der Waals surface area (Å²) < 4.78 is 13.3. The number of aromatic nitrogens is 1. The first-order valence-electron chi connectivity index (χ1n) is 4.30. The number of pyridine rings is 1. The van der Waals surface area contributed by atoms with Gasteiger partial charge in [0, 0.05) is 11.8 Å². The summed E-state index contributed by atoms with van der Waals surface area (Å²) in [5.74, 6) is -0.358. The van der Waals surface area contributed by atoms with Gasteiger partial charge in [0.2, 0.25) is 0 Å². The lowest BCUT2D eigenvalue weighted by Gasteiger charge is -2.35. The van der Waals surface area contributed by atoms with Gasteiger partial charge in [0.1, 0.15) is 5.82 Å². The summed E-state index contributed by atoms with van der Waals surface area (Å²) >= 11 is 0. The Labute approximate surface area is 76.0 Å². The fourth-order valence-electron chi connectivity index (χ4n) is 1.73. The van der Waals surface area contributed by atoms with E-state index in [1.165, 1.54) is 12.4 Å². The highest BCUT2D eigenvalue weighted by Crippen LogP contribution is 2.43. The molecular weight excluding hydrogens is 167 g/mol. The van der Waals surface area contributed by atoms with Crippen molar-refractivity contribution in [3.8, 4) is 6.07 Å². The van der Waals surface area contributed by atoms with Crippen LogP contribution in [0.2, 0.25) is 0 Å². The first-order valence-corrected chi connectivity index (χ1v) is 4.30. The topological polar surface area (TPSA) is 36.7 Å². The zero-order chi connectivity index (χ0) is 9.31. The molecule has 1 saturated carbocycles. The Bertz CT molecular complexity index is 363. The van der Waals surface area contributed by atoms with Crippen LogP contribution in [0.4, 0.5) is 4.39 Å². The van der Waals surface area contributed by atoms with Crippen LogP contribution in [0.15, 0.2) is 18.5 Å². The van der Waals surface area contributed by atoms with Crippen molar-refractivity contribution in [1.82, 2.24) is 4.98 Å². The van der Waals surface area contributed by atoms with Crippen LogP contribution in [0.25, 0.3) is 0 Å². The number of nitrogens with zero attached hydrogens (tertiary/aromatic N) is 2. The number of hydrogen-bond acceptors (Lipinski definition) is 2. The lowest BCUT2D eigenvalue weighted by molar-refractivity contribution is 0.312. The Morgan fingerprint density at radius 1 is 1.54 bits per heavy atom. The Hall–Kier alpha value is -1.43. The third-order valence-electron chi connectivity index (χ3n) is 2.71. The second kappa shape index (κ2) is 2.81. The van der Waals surface area contributed by atoms with Gasteiger partial charge in [-0.25, -0.2) is 4.39 Å². The summed E-state index contributed by atoms with van der Waals surface area (Å²) in [6.45, 7) is 0. The van der Waals surface area contributed by atoms with E-state index in [0.29, 0.717) is 5.56 Å². The summed E-state index contributed by atoms with van der Waals surface area (Å²) in [7, 11) is 0. The van der Waals surface area contributed by atoms with Crippen molar-refractivity contribution in [2.75, 3.05) is 0 Å². The first kappa shape index (κ1) is 8.18. The van der Waals surface area contributed by atoms with Gasteiger partial charge in [0.25, 0.3) is 0 Å². The highest BCUT2D eigenvalue weighted by molar-refractivity contribution is 5.34. The summed E-state index contributed by atoms with van der Waals surface area (Å²) in [5, 5.41) is 8.98. The van der Waals surface area contributed by atoms with E-state index in [1.54, 1.807) is 6.07 Å². The Morgan fingerprint density at radius 3 is 2.77 bits per heavy atom. The monoisotopic (exact) mass is 176 g/mol. The molecule has 0 radical (unpaired) electrons. The molecule has 2 nitrogen and oxygen atoms in total. The summed E-state index contributed by atoms with van der Waals surface area (Å²) in [4.78, 5) is 3.67. The van der Waals surface area contributed by atoms with Crippen LogP contribution < -0.4 is 0 Å². The second-order valence-electron chi connectivity index (χ2n) is 3.40. The number of hydrogen-bond donors (Lipinski definition) is 0. The SMILES string of the molecule is N#CC1(c2ccncc2F)CCC1. The predicted octanol–water partition coefficient (Wildman–Crippen LogP) is 2.17. The van der Waals surface area contributed by atoms with Crippen LogP contribution >= 0.6 is 0 Å². The molecule has 0 atom stereocenters. The van der Waals surface area contributed by atoms with E-state index in [9.17, 15) is 4.39 Å². The molecular formula is C10H9FN2. The number of rotatable bonds is 1. The first-order chi connectivity index (χ1) is 6.28. The molecule has 0 aliphatic heterocycles. The van der Waals surface area contributed by atoms with Crippen LogP contribution in [0, 0.1) is 17.1 Å². The van der Waals surface area contributed by atoms with Gasteiger partial charge in [-0.3, -0.25) is 4.98 Å². The molecule has 0 aromatic carbocycles. The van der Waals surface area contributed by atoms with E-state index < -0.39 is 5.41 Å². The molecule has 66 valence electrons. The molecule has 1 aliphatic carbocycles. The normalized spacial score (nSPS) is 18.8. The molecule has 0 amide bonds. The van der Waals surface area contributed by atoms with Gasteiger partial charge in [0.05, 0.1) is 17.7 Å². The Kier molecular flexibility index (Phi) is 1.77. The quantitative estimate of drug-likeness (QED) is 0.657. The number of nitriles is 1. The van der Waals surface area contributed by atoms with E-state index in [4.69, 9.17) is 5.26 Å². The van der Waals surface area contributed by atoms with Gasteiger partial charge in [-0.15, -0.1) is 0 Å². The molecule has 1 aliphatic rings.